The summed E-state index contributed by atoms with van der Waals surface area (Å²) >= 11 is 0. The van der Waals surface area contributed by atoms with Crippen LogP contribution in [-0.4, -0.2) is 32.7 Å². The first-order chi connectivity index (χ1) is 12.6. The highest BCUT2D eigenvalue weighted by molar-refractivity contribution is 6.05. The molecule has 0 spiro atoms. The third-order valence-electron chi connectivity index (χ3n) is 4.94. The molecule has 5 nitrogen and oxygen atoms in total. The standard InChI is InChI=1S/C20H20FN3O2/c21-14-8-6-13(7-9-14)11-24-12-15(19-17(24)4-2-10-22-19)20(26)23-16-3-1-5-18(16)25/h2,4,6-10,12,16,18,25H,1,3,5,11H2,(H,23,26)/t16-,18-/m1/s1. The smallest absolute Gasteiger partial charge is 0.255 e. The number of halogens is 1. The molecule has 1 saturated carbocycles. The first-order valence-corrected chi connectivity index (χ1v) is 8.79. The summed E-state index contributed by atoms with van der Waals surface area (Å²) in [6, 6.07) is 9.83. The largest absolute Gasteiger partial charge is 0.391 e. The van der Waals surface area contributed by atoms with Crippen LogP contribution in [0.1, 0.15) is 35.2 Å². The van der Waals surface area contributed by atoms with Crippen molar-refractivity contribution < 1.29 is 14.3 Å². The number of nitrogens with one attached hydrogen (secondary N) is 1. The third kappa shape index (κ3) is 3.20. The van der Waals surface area contributed by atoms with Crippen LogP contribution in [0.5, 0.6) is 0 Å². The van der Waals surface area contributed by atoms with Crippen molar-refractivity contribution in [1.82, 2.24) is 14.9 Å². The molecule has 1 amide bonds. The average Bonchev–Trinajstić information content (AvgIpc) is 3.21. The Bertz CT molecular complexity index is 936. The number of fused-ring (bicyclic) bond motifs is 1. The summed E-state index contributed by atoms with van der Waals surface area (Å²) in [6.45, 7) is 0.516. The van der Waals surface area contributed by atoms with Crippen molar-refractivity contribution in [3.05, 3.63) is 65.7 Å². The van der Waals surface area contributed by atoms with Crippen LogP contribution >= 0.6 is 0 Å². The topological polar surface area (TPSA) is 67.2 Å². The normalized spacial score (nSPS) is 19.8. The van der Waals surface area contributed by atoms with Gasteiger partial charge in [0.15, 0.2) is 0 Å². The van der Waals surface area contributed by atoms with Crippen molar-refractivity contribution in [3.8, 4) is 0 Å². The molecule has 0 aliphatic heterocycles. The summed E-state index contributed by atoms with van der Waals surface area (Å²) in [5.41, 5.74) is 2.89. The number of carbonyl (C=O) groups excluding carboxylic acids is 1. The fraction of sp³-hybridized carbons (Fsp3) is 0.300. The molecule has 2 aromatic heterocycles. The molecule has 1 aromatic carbocycles. The minimum atomic E-state index is -0.487. The van der Waals surface area contributed by atoms with Gasteiger partial charge in [0.25, 0.3) is 5.91 Å². The molecule has 1 fully saturated rings. The second-order valence-electron chi connectivity index (χ2n) is 6.75. The van der Waals surface area contributed by atoms with Crippen LogP contribution < -0.4 is 5.32 Å². The number of nitrogens with zero attached hydrogens (tertiary/aromatic N) is 2. The molecule has 0 unspecified atom stereocenters. The number of aliphatic hydroxyl groups excluding tert-OH is 1. The maximum Gasteiger partial charge on any atom is 0.255 e. The van der Waals surface area contributed by atoms with E-state index < -0.39 is 6.10 Å². The van der Waals surface area contributed by atoms with Gasteiger partial charge in [-0.2, -0.15) is 0 Å². The molecule has 0 saturated heterocycles. The zero-order valence-electron chi connectivity index (χ0n) is 14.2. The minimum Gasteiger partial charge on any atom is -0.391 e. The number of amides is 1. The van der Waals surface area contributed by atoms with Crippen LogP contribution in [0.25, 0.3) is 11.0 Å². The number of benzene rings is 1. The predicted molar refractivity (Wildman–Crippen MR) is 96.3 cm³/mol. The highest BCUT2D eigenvalue weighted by atomic mass is 19.1. The van der Waals surface area contributed by atoms with Gasteiger partial charge in [-0.05, 0) is 49.1 Å². The van der Waals surface area contributed by atoms with Gasteiger partial charge in [-0.3, -0.25) is 9.78 Å². The van der Waals surface area contributed by atoms with E-state index in [9.17, 15) is 14.3 Å². The second kappa shape index (κ2) is 6.88. The maximum atomic E-state index is 13.1. The van der Waals surface area contributed by atoms with E-state index in [0.717, 1.165) is 30.3 Å². The van der Waals surface area contributed by atoms with Crippen molar-refractivity contribution in [2.45, 2.75) is 38.0 Å². The quantitative estimate of drug-likeness (QED) is 0.758. The lowest BCUT2D eigenvalue weighted by molar-refractivity contribution is 0.0874. The SMILES string of the molecule is O=C(N[C@@H]1CCC[C@H]1O)c1cn(Cc2ccc(F)cc2)c2cccnc12. The molecule has 26 heavy (non-hydrogen) atoms. The highest BCUT2D eigenvalue weighted by Gasteiger charge is 2.28. The van der Waals surface area contributed by atoms with E-state index in [-0.39, 0.29) is 17.8 Å². The summed E-state index contributed by atoms with van der Waals surface area (Å²) in [6.07, 6.45) is 5.36. The van der Waals surface area contributed by atoms with Crippen molar-refractivity contribution in [1.29, 1.82) is 0 Å². The van der Waals surface area contributed by atoms with Gasteiger partial charge in [0.1, 0.15) is 11.3 Å². The Morgan fingerprint density at radius 2 is 2.08 bits per heavy atom. The zero-order chi connectivity index (χ0) is 18.1. The highest BCUT2D eigenvalue weighted by Crippen LogP contribution is 2.23. The van der Waals surface area contributed by atoms with Crippen LogP contribution in [0.3, 0.4) is 0 Å². The van der Waals surface area contributed by atoms with Crippen molar-refractivity contribution in [3.63, 3.8) is 0 Å². The van der Waals surface area contributed by atoms with Gasteiger partial charge in [-0.25, -0.2) is 4.39 Å². The Morgan fingerprint density at radius 3 is 2.81 bits per heavy atom. The maximum absolute atomic E-state index is 13.1. The fourth-order valence-corrected chi connectivity index (χ4v) is 3.56. The predicted octanol–water partition coefficient (Wildman–Crippen LogP) is 2.87. The third-order valence-corrected chi connectivity index (χ3v) is 4.94. The molecule has 0 bridgehead atoms. The van der Waals surface area contributed by atoms with Gasteiger partial charge in [0, 0.05) is 18.9 Å². The van der Waals surface area contributed by atoms with Gasteiger partial charge in [0.05, 0.1) is 23.2 Å². The molecule has 134 valence electrons. The van der Waals surface area contributed by atoms with Crippen LogP contribution in [0.2, 0.25) is 0 Å². The molecule has 6 heteroatoms. The number of pyridine rings is 1. The number of hydrogen-bond donors (Lipinski definition) is 2. The van der Waals surface area contributed by atoms with Crippen molar-refractivity contribution >= 4 is 16.9 Å². The molecule has 2 N–H and O–H groups in total. The first-order valence-electron chi connectivity index (χ1n) is 8.79. The second-order valence-corrected chi connectivity index (χ2v) is 6.75. The van der Waals surface area contributed by atoms with E-state index in [1.165, 1.54) is 12.1 Å². The van der Waals surface area contributed by atoms with Gasteiger partial charge in [-0.15, -0.1) is 0 Å². The Balaban J connectivity index is 1.65. The zero-order valence-corrected chi connectivity index (χ0v) is 14.2. The lowest BCUT2D eigenvalue weighted by Gasteiger charge is -2.15. The van der Waals surface area contributed by atoms with Crippen LogP contribution in [-0.2, 0) is 6.54 Å². The summed E-state index contributed by atoms with van der Waals surface area (Å²) in [5.74, 6) is -0.500. The number of aromatic nitrogens is 2. The summed E-state index contributed by atoms with van der Waals surface area (Å²) in [4.78, 5) is 17.1. The number of hydrogen-bond acceptors (Lipinski definition) is 3. The van der Waals surface area contributed by atoms with Gasteiger partial charge in [-0.1, -0.05) is 12.1 Å². The Morgan fingerprint density at radius 1 is 1.27 bits per heavy atom. The van der Waals surface area contributed by atoms with E-state index in [0.29, 0.717) is 17.6 Å². The average molecular weight is 353 g/mol. The van der Waals surface area contributed by atoms with Crippen molar-refractivity contribution in [2.75, 3.05) is 0 Å². The van der Waals surface area contributed by atoms with Crippen LogP contribution in [0.4, 0.5) is 4.39 Å². The summed E-state index contributed by atoms with van der Waals surface area (Å²) in [5, 5.41) is 12.9. The lowest BCUT2D eigenvalue weighted by Crippen LogP contribution is -2.39. The number of rotatable bonds is 4. The molecular weight excluding hydrogens is 333 g/mol. The summed E-state index contributed by atoms with van der Waals surface area (Å²) < 4.78 is 15.1. The van der Waals surface area contributed by atoms with E-state index in [4.69, 9.17) is 0 Å². The van der Waals surface area contributed by atoms with Gasteiger partial charge in [0.2, 0.25) is 0 Å². The van der Waals surface area contributed by atoms with Gasteiger partial charge < -0.3 is 15.0 Å². The molecule has 1 aliphatic rings. The van der Waals surface area contributed by atoms with Crippen LogP contribution in [0, 0.1) is 5.82 Å². The monoisotopic (exact) mass is 353 g/mol. The van der Waals surface area contributed by atoms with Gasteiger partial charge >= 0.3 is 0 Å². The fourth-order valence-electron chi connectivity index (χ4n) is 3.56. The van der Waals surface area contributed by atoms with E-state index in [1.54, 1.807) is 24.5 Å². The molecule has 1 aliphatic carbocycles. The Labute approximate surface area is 150 Å². The molecule has 4 rings (SSSR count). The number of carbonyl (C=O) groups is 1. The minimum absolute atomic E-state index is 0.207. The molecular formula is C20H20FN3O2. The van der Waals surface area contributed by atoms with E-state index in [2.05, 4.69) is 10.3 Å². The van der Waals surface area contributed by atoms with Crippen LogP contribution in [0.15, 0.2) is 48.8 Å². The molecule has 2 atom stereocenters. The van der Waals surface area contributed by atoms with Crippen molar-refractivity contribution in [2.24, 2.45) is 0 Å². The Kier molecular flexibility index (Phi) is 4.42. The van der Waals surface area contributed by atoms with E-state index in [1.807, 2.05) is 16.7 Å². The van der Waals surface area contributed by atoms with E-state index >= 15 is 0 Å². The molecule has 3 aromatic rings. The Hall–Kier alpha value is -2.73. The summed E-state index contributed by atoms with van der Waals surface area (Å²) in [7, 11) is 0. The first kappa shape index (κ1) is 16.7. The number of aliphatic hydroxyl groups is 1. The molecule has 0 radical (unpaired) electrons. The lowest BCUT2D eigenvalue weighted by atomic mass is 10.2. The molecule has 2 heterocycles.